The lowest BCUT2D eigenvalue weighted by Crippen LogP contribution is -2.00. The van der Waals surface area contributed by atoms with Gasteiger partial charge in [0.25, 0.3) is 5.69 Å². The third-order valence-corrected chi connectivity index (χ3v) is 2.26. The molecule has 1 rings (SSSR count). The molecule has 7 heteroatoms. The van der Waals surface area contributed by atoms with Gasteiger partial charge in [0.1, 0.15) is 0 Å². The normalized spacial score (nSPS) is 11.3. The maximum atomic E-state index is 10.7. The lowest BCUT2D eigenvalue weighted by atomic mass is 10.1. The van der Waals surface area contributed by atoms with Crippen molar-refractivity contribution in [2.45, 2.75) is 12.8 Å². The van der Waals surface area contributed by atoms with Crippen LogP contribution in [0.4, 0.5) is 5.69 Å². The summed E-state index contributed by atoms with van der Waals surface area (Å²) in [4.78, 5) is 20.1. The Morgan fingerprint density at radius 2 is 1.83 bits per heavy atom. The first-order valence-corrected chi connectivity index (χ1v) is 5.25. The third-order valence-electron chi connectivity index (χ3n) is 2.26. The quantitative estimate of drug-likeness (QED) is 0.615. The molecule has 96 valence electrons. The average Bonchev–Trinajstić information content (AvgIpc) is 2.34. The summed E-state index contributed by atoms with van der Waals surface area (Å²) in [6.07, 6.45) is 1.81. The van der Waals surface area contributed by atoms with E-state index < -0.39 is 9.85 Å². The zero-order valence-electron chi connectivity index (χ0n) is 9.48. The molecule has 0 spiro atoms. The van der Waals surface area contributed by atoms with Gasteiger partial charge in [-0.05, 0) is 24.1 Å². The van der Waals surface area contributed by atoms with E-state index in [2.05, 4.69) is 0 Å². The van der Waals surface area contributed by atoms with Gasteiger partial charge in [0, 0.05) is 31.2 Å². The lowest BCUT2D eigenvalue weighted by molar-refractivity contribution is -0.426. The summed E-state index contributed by atoms with van der Waals surface area (Å²) in [6.45, 7) is -0.120. The Hall–Kier alpha value is -2.28. The van der Waals surface area contributed by atoms with Crippen LogP contribution in [0.1, 0.15) is 18.4 Å². The fourth-order valence-electron chi connectivity index (χ4n) is 1.36. The number of nitrogens with zero attached hydrogens (tertiary/aromatic N) is 2. The molecule has 7 nitrogen and oxygen atoms in total. The third kappa shape index (κ3) is 3.95. The number of non-ortho nitro benzene ring substituents is 1. The van der Waals surface area contributed by atoms with Crippen LogP contribution in [0.25, 0.3) is 6.08 Å². The van der Waals surface area contributed by atoms with Gasteiger partial charge in [-0.15, -0.1) is 0 Å². The topological polar surface area (TPSA) is 107 Å². The number of nitro benzene ring substituents is 1. The predicted octanol–water partition coefficient (Wildman–Crippen LogP) is 1.98. The fourth-order valence-corrected chi connectivity index (χ4v) is 1.36. The van der Waals surface area contributed by atoms with Crippen LogP contribution in [0.5, 0.6) is 0 Å². The van der Waals surface area contributed by atoms with Crippen molar-refractivity contribution < 1.29 is 15.0 Å². The van der Waals surface area contributed by atoms with Crippen molar-refractivity contribution in [2.75, 3.05) is 6.61 Å². The highest BCUT2D eigenvalue weighted by atomic mass is 16.6. The number of rotatable bonds is 6. The Kier molecular flexibility index (Phi) is 4.94. The van der Waals surface area contributed by atoms with Crippen molar-refractivity contribution in [3.63, 3.8) is 0 Å². The fraction of sp³-hybridized carbons (Fsp3) is 0.273. The van der Waals surface area contributed by atoms with E-state index in [-0.39, 0.29) is 24.4 Å². The highest BCUT2D eigenvalue weighted by Crippen LogP contribution is 2.16. The average molecular weight is 252 g/mol. The molecular formula is C11H12N2O5. The van der Waals surface area contributed by atoms with Crippen molar-refractivity contribution in [1.29, 1.82) is 0 Å². The smallest absolute Gasteiger partial charge is 0.269 e. The highest BCUT2D eigenvalue weighted by molar-refractivity contribution is 5.53. The monoisotopic (exact) mass is 252 g/mol. The molecule has 0 bridgehead atoms. The molecule has 0 heterocycles. The molecule has 0 fully saturated rings. The minimum atomic E-state index is -0.534. The molecule has 0 atom stereocenters. The van der Waals surface area contributed by atoms with E-state index >= 15 is 0 Å². The molecule has 0 saturated carbocycles. The summed E-state index contributed by atoms with van der Waals surface area (Å²) in [5.41, 5.74) is 0.424. The summed E-state index contributed by atoms with van der Waals surface area (Å²) >= 11 is 0. The van der Waals surface area contributed by atoms with Crippen molar-refractivity contribution in [3.8, 4) is 0 Å². The van der Waals surface area contributed by atoms with Gasteiger partial charge in [-0.2, -0.15) is 0 Å². The number of benzene rings is 1. The van der Waals surface area contributed by atoms with Gasteiger partial charge in [-0.3, -0.25) is 20.2 Å². The van der Waals surface area contributed by atoms with Crippen molar-refractivity contribution in [3.05, 3.63) is 55.8 Å². The van der Waals surface area contributed by atoms with Gasteiger partial charge in [-0.25, -0.2) is 0 Å². The van der Waals surface area contributed by atoms with Crippen LogP contribution >= 0.6 is 0 Å². The van der Waals surface area contributed by atoms with Gasteiger partial charge in [0.2, 0.25) is 5.70 Å². The van der Waals surface area contributed by atoms with E-state index in [0.717, 1.165) is 0 Å². The summed E-state index contributed by atoms with van der Waals surface area (Å²) < 4.78 is 0. The molecule has 1 aromatic rings. The molecule has 1 N–H and O–H groups in total. The first-order chi connectivity index (χ1) is 8.54. The van der Waals surface area contributed by atoms with Gasteiger partial charge in [0.05, 0.1) is 9.85 Å². The second-order valence-corrected chi connectivity index (χ2v) is 3.57. The highest BCUT2D eigenvalue weighted by Gasteiger charge is 2.10. The van der Waals surface area contributed by atoms with Crippen LogP contribution in [-0.2, 0) is 0 Å². The molecular weight excluding hydrogens is 240 g/mol. The molecule has 0 radical (unpaired) electrons. The molecule has 0 aliphatic rings. The summed E-state index contributed by atoms with van der Waals surface area (Å²) in [7, 11) is 0. The standard InChI is InChI=1S/C11H12N2O5/c14-7-1-2-11(13(17)18)8-9-3-5-10(6-4-9)12(15)16/h3-6,8,14H,1-2,7H2/b11-8+. The largest absolute Gasteiger partial charge is 0.396 e. The number of allylic oxidation sites excluding steroid dienone is 1. The van der Waals surface area contributed by atoms with Crippen molar-refractivity contribution >= 4 is 11.8 Å². The SMILES string of the molecule is O=[N+]([O-])/C(=C/c1ccc([N+](=O)[O-])cc1)CCCO. The van der Waals surface area contributed by atoms with Crippen molar-refractivity contribution in [1.82, 2.24) is 0 Å². The molecule has 0 amide bonds. The van der Waals surface area contributed by atoms with E-state index in [4.69, 9.17) is 5.11 Å². The number of aliphatic hydroxyl groups is 1. The molecule has 0 unspecified atom stereocenters. The first kappa shape index (κ1) is 13.8. The number of hydrogen-bond donors (Lipinski definition) is 1. The first-order valence-electron chi connectivity index (χ1n) is 5.25. The Balaban J connectivity index is 2.90. The summed E-state index contributed by atoms with van der Waals surface area (Å²) in [5.74, 6) is 0. The maximum absolute atomic E-state index is 10.7. The maximum Gasteiger partial charge on any atom is 0.269 e. The van der Waals surface area contributed by atoms with Crippen LogP contribution in [-0.4, -0.2) is 21.6 Å². The number of aliphatic hydroxyl groups excluding tert-OH is 1. The van der Waals surface area contributed by atoms with Crippen LogP contribution in [0.3, 0.4) is 0 Å². The number of nitro groups is 2. The molecule has 1 aromatic carbocycles. The lowest BCUT2D eigenvalue weighted by Gasteiger charge is -1.98. The van der Waals surface area contributed by atoms with Crippen LogP contribution < -0.4 is 0 Å². The van der Waals surface area contributed by atoms with Gasteiger partial charge in [0.15, 0.2) is 0 Å². The second-order valence-electron chi connectivity index (χ2n) is 3.57. The Morgan fingerprint density at radius 1 is 1.22 bits per heavy atom. The molecule has 18 heavy (non-hydrogen) atoms. The van der Waals surface area contributed by atoms with Crippen LogP contribution in [0.15, 0.2) is 30.0 Å². The molecule has 0 aliphatic carbocycles. The van der Waals surface area contributed by atoms with E-state index in [1.54, 1.807) is 0 Å². The minimum absolute atomic E-state index is 0.0297. The summed E-state index contributed by atoms with van der Waals surface area (Å²) in [5, 5.41) is 29.8. The van der Waals surface area contributed by atoms with Gasteiger partial charge >= 0.3 is 0 Å². The van der Waals surface area contributed by atoms with Gasteiger partial charge < -0.3 is 5.11 Å². The van der Waals surface area contributed by atoms with Gasteiger partial charge in [-0.1, -0.05) is 0 Å². The Labute approximate surface area is 103 Å². The van der Waals surface area contributed by atoms with Crippen LogP contribution in [0.2, 0.25) is 0 Å². The van der Waals surface area contributed by atoms with E-state index in [0.29, 0.717) is 12.0 Å². The Morgan fingerprint density at radius 3 is 2.28 bits per heavy atom. The minimum Gasteiger partial charge on any atom is -0.396 e. The second kappa shape index (κ2) is 6.45. The predicted molar refractivity (Wildman–Crippen MR) is 64.4 cm³/mol. The summed E-state index contributed by atoms with van der Waals surface area (Å²) in [6, 6.07) is 5.46. The van der Waals surface area contributed by atoms with E-state index in [9.17, 15) is 20.2 Å². The molecule has 0 aromatic heterocycles. The van der Waals surface area contributed by atoms with E-state index in [1.807, 2.05) is 0 Å². The van der Waals surface area contributed by atoms with Crippen molar-refractivity contribution in [2.24, 2.45) is 0 Å². The zero-order chi connectivity index (χ0) is 13.5. The Bertz CT molecular complexity index is 467. The van der Waals surface area contributed by atoms with Crippen LogP contribution in [0, 0.1) is 20.2 Å². The zero-order valence-corrected chi connectivity index (χ0v) is 9.48. The number of hydrogen-bond acceptors (Lipinski definition) is 5. The molecule has 0 saturated heterocycles. The molecule has 0 aliphatic heterocycles. The van der Waals surface area contributed by atoms with E-state index in [1.165, 1.54) is 30.3 Å².